The van der Waals surface area contributed by atoms with E-state index in [2.05, 4.69) is 9.24 Å². The summed E-state index contributed by atoms with van der Waals surface area (Å²) >= 11 is 0. The molecule has 0 aliphatic heterocycles. The van der Waals surface area contributed by atoms with Gasteiger partial charge in [0.1, 0.15) is 12.4 Å². The van der Waals surface area contributed by atoms with Gasteiger partial charge in [0.15, 0.2) is 0 Å². The molecule has 2 aromatic rings. The molecule has 5 nitrogen and oxygen atoms in total. The maximum Gasteiger partial charge on any atom is 0.269 e. The van der Waals surface area contributed by atoms with Crippen LogP contribution in [0.5, 0.6) is 0 Å². The van der Waals surface area contributed by atoms with Crippen molar-refractivity contribution in [2.75, 3.05) is 0 Å². The molecule has 116 valence electrons. The van der Waals surface area contributed by atoms with Gasteiger partial charge in [-0.3, -0.25) is 10.1 Å². The molecular weight excluding hydrogens is 301 g/mol. The van der Waals surface area contributed by atoms with E-state index in [1.54, 1.807) is 12.1 Å². The maximum atomic E-state index is 10.6. The van der Waals surface area contributed by atoms with Crippen molar-refractivity contribution in [1.82, 2.24) is 0 Å². The number of hydrogen-bond donors (Lipinski definition) is 1. The van der Waals surface area contributed by atoms with Gasteiger partial charge in [0, 0.05) is 12.1 Å². The molecular formula is C16H18NO4P. The van der Waals surface area contributed by atoms with Crippen molar-refractivity contribution < 1.29 is 14.8 Å². The van der Waals surface area contributed by atoms with E-state index in [0.717, 1.165) is 22.7 Å². The minimum atomic E-state index is -0.773. The lowest BCUT2D eigenvalue weighted by molar-refractivity contribution is -0.384. The maximum absolute atomic E-state index is 10.6. The molecule has 0 bridgehead atoms. The second-order valence-electron chi connectivity index (χ2n) is 4.60. The van der Waals surface area contributed by atoms with E-state index in [9.17, 15) is 15.2 Å². The Bertz CT molecular complexity index is 656. The van der Waals surface area contributed by atoms with E-state index in [-0.39, 0.29) is 5.69 Å². The van der Waals surface area contributed by atoms with Crippen LogP contribution in [0.25, 0.3) is 0 Å². The zero-order chi connectivity index (χ0) is 16.7. The minimum Gasteiger partial charge on any atom is -0.384 e. The highest BCUT2D eigenvalue weighted by Gasteiger charge is 2.13. The summed E-state index contributed by atoms with van der Waals surface area (Å²) in [6.45, 7) is 3.41. The SMILES string of the molecule is CC=O.Cc1cc(C(O)c2ccc([N+](=O)[O-])cc2)ccc1P. The van der Waals surface area contributed by atoms with E-state index >= 15 is 0 Å². The minimum absolute atomic E-state index is 0.0208. The number of non-ortho nitro benzene ring substituents is 1. The lowest BCUT2D eigenvalue weighted by Gasteiger charge is -2.13. The first-order valence-electron chi connectivity index (χ1n) is 6.59. The third kappa shape index (κ3) is 4.72. The summed E-state index contributed by atoms with van der Waals surface area (Å²) in [5, 5.41) is 21.9. The summed E-state index contributed by atoms with van der Waals surface area (Å²) < 4.78 is 0. The quantitative estimate of drug-likeness (QED) is 0.408. The first-order valence-corrected chi connectivity index (χ1v) is 7.16. The van der Waals surface area contributed by atoms with Gasteiger partial charge in [-0.1, -0.05) is 18.2 Å². The second kappa shape index (κ2) is 8.37. The Balaban J connectivity index is 0.000000745. The Kier molecular flexibility index (Phi) is 6.83. The molecule has 6 heteroatoms. The van der Waals surface area contributed by atoms with Crippen LogP contribution in [0.4, 0.5) is 5.69 Å². The number of nitrogens with zero attached hydrogens (tertiary/aromatic N) is 1. The largest absolute Gasteiger partial charge is 0.384 e. The standard InChI is InChI=1S/C14H14NO3P.C2H4O/c1-9-8-11(4-7-13(9)19)14(16)10-2-5-12(6-3-10)15(17)18;1-2-3/h2-8,14,16H,19H2,1H3;2H,1H3. The van der Waals surface area contributed by atoms with Gasteiger partial charge in [-0.15, -0.1) is 9.24 Å². The summed E-state index contributed by atoms with van der Waals surface area (Å²) in [5.41, 5.74) is 2.51. The van der Waals surface area contributed by atoms with Gasteiger partial charge in [-0.05, 0) is 48.0 Å². The van der Waals surface area contributed by atoms with Gasteiger partial charge < -0.3 is 9.90 Å². The van der Waals surface area contributed by atoms with Crippen molar-refractivity contribution in [3.8, 4) is 0 Å². The fourth-order valence-corrected chi connectivity index (χ4v) is 2.02. The number of carbonyl (C=O) groups is 1. The number of aldehydes is 1. The van der Waals surface area contributed by atoms with Crippen molar-refractivity contribution >= 4 is 26.5 Å². The molecule has 0 aromatic heterocycles. The fourth-order valence-electron chi connectivity index (χ4n) is 1.84. The summed E-state index contributed by atoms with van der Waals surface area (Å²) in [7, 11) is 2.63. The highest BCUT2D eigenvalue weighted by atomic mass is 31.0. The zero-order valence-electron chi connectivity index (χ0n) is 12.4. The van der Waals surface area contributed by atoms with E-state index in [1.165, 1.54) is 19.1 Å². The van der Waals surface area contributed by atoms with Crippen LogP contribution in [0.1, 0.15) is 29.7 Å². The molecule has 0 saturated heterocycles. The number of hydrogen-bond acceptors (Lipinski definition) is 4. The van der Waals surface area contributed by atoms with Gasteiger partial charge in [-0.25, -0.2) is 0 Å². The van der Waals surface area contributed by atoms with Crippen molar-refractivity contribution in [3.05, 3.63) is 69.3 Å². The number of benzene rings is 2. The van der Waals surface area contributed by atoms with Crippen molar-refractivity contribution in [2.45, 2.75) is 20.0 Å². The van der Waals surface area contributed by atoms with Crippen LogP contribution < -0.4 is 5.30 Å². The summed E-state index contributed by atoms with van der Waals surface area (Å²) in [6, 6.07) is 11.6. The molecule has 0 saturated carbocycles. The number of rotatable bonds is 3. The highest BCUT2D eigenvalue weighted by Crippen LogP contribution is 2.24. The predicted octanol–water partition coefficient (Wildman–Crippen LogP) is 2.69. The van der Waals surface area contributed by atoms with Crippen molar-refractivity contribution in [3.63, 3.8) is 0 Å². The fraction of sp³-hybridized carbons (Fsp3) is 0.188. The number of aryl methyl sites for hydroxylation is 1. The normalized spacial score (nSPS) is 11.1. The van der Waals surface area contributed by atoms with Crippen LogP contribution in [-0.2, 0) is 4.79 Å². The average molecular weight is 319 g/mol. The third-order valence-electron chi connectivity index (χ3n) is 3.03. The summed E-state index contributed by atoms with van der Waals surface area (Å²) in [4.78, 5) is 18.9. The van der Waals surface area contributed by atoms with Gasteiger partial charge in [0.05, 0.1) is 4.92 Å². The zero-order valence-corrected chi connectivity index (χ0v) is 13.5. The predicted molar refractivity (Wildman–Crippen MR) is 89.4 cm³/mol. The molecule has 2 aromatic carbocycles. The van der Waals surface area contributed by atoms with Gasteiger partial charge in [0.25, 0.3) is 5.69 Å². The molecule has 0 fully saturated rings. The molecule has 0 aliphatic rings. The molecule has 1 N–H and O–H groups in total. The summed E-state index contributed by atoms with van der Waals surface area (Å²) in [5.74, 6) is 0. The van der Waals surface area contributed by atoms with E-state index in [4.69, 9.17) is 4.79 Å². The molecule has 22 heavy (non-hydrogen) atoms. The van der Waals surface area contributed by atoms with Crippen LogP contribution in [0.2, 0.25) is 0 Å². The third-order valence-corrected chi connectivity index (χ3v) is 3.68. The second-order valence-corrected chi connectivity index (χ2v) is 5.22. The first-order chi connectivity index (χ1) is 10.4. The van der Waals surface area contributed by atoms with E-state index < -0.39 is 11.0 Å². The molecule has 0 heterocycles. The molecule has 2 unspecified atom stereocenters. The lowest BCUT2D eigenvalue weighted by Crippen LogP contribution is -2.04. The van der Waals surface area contributed by atoms with E-state index in [1.807, 2.05) is 25.1 Å². The van der Waals surface area contributed by atoms with Gasteiger partial charge >= 0.3 is 0 Å². The molecule has 0 amide bonds. The first kappa shape index (κ1) is 18.0. The smallest absolute Gasteiger partial charge is 0.269 e. The topological polar surface area (TPSA) is 80.4 Å². The Hall–Kier alpha value is -2.10. The number of aliphatic hydroxyl groups excluding tert-OH is 1. The van der Waals surface area contributed by atoms with Gasteiger partial charge in [-0.2, -0.15) is 0 Å². The number of carbonyl (C=O) groups excluding carboxylic acids is 1. The van der Waals surface area contributed by atoms with Crippen molar-refractivity contribution in [2.24, 2.45) is 0 Å². The Labute approximate surface area is 131 Å². The number of aliphatic hydroxyl groups is 1. The monoisotopic (exact) mass is 319 g/mol. The van der Waals surface area contributed by atoms with Crippen LogP contribution in [0.3, 0.4) is 0 Å². The van der Waals surface area contributed by atoms with Gasteiger partial charge in [0.2, 0.25) is 0 Å². The van der Waals surface area contributed by atoms with E-state index in [0.29, 0.717) is 5.56 Å². The van der Waals surface area contributed by atoms with Crippen molar-refractivity contribution in [1.29, 1.82) is 0 Å². The highest BCUT2D eigenvalue weighted by molar-refractivity contribution is 7.27. The Morgan fingerprint density at radius 3 is 2.14 bits per heavy atom. The molecule has 0 aliphatic carbocycles. The Morgan fingerprint density at radius 2 is 1.68 bits per heavy atom. The molecule has 2 atom stereocenters. The number of nitro groups is 1. The average Bonchev–Trinajstić information content (AvgIpc) is 2.50. The number of nitro benzene ring substituents is 1. The Morgan fingerprint density at radius 1 is 1.18 bits per heavy atom. The molecule has 0 radical (unpaired) electrons. The lowest BCUT2D eigenvalue weighted by atomic mass is 10.00. The van der Waals surface area contributed by atoms with Crippen LogP contribution in [-0.4, -0.2) is 16.3 Å². The molecule has 0 spiro atoms. The van der Waals surface area contributed by atoms with Crippen LogP contribution >= 0.6 is 9.24 Å². The molecule has 2 rings (SSSR count). The van der Waals surface area contributed by atoms with Crippen LogP contribution in [0, 0.1) is 17.0 Å². The summed E-state index contributed by atoms with van der Waals surface area (Å²) in [6.07, 6.45) is -0.0231. The van der Waals surface area contributed by atoms with Crippen LogP contribution in [0.15, 0.2) is 42.5 Å².